The summed E-state index contributed by atoms with van der Waals surface area (Å²) in [5, 5.41) is 2.72. The van der Waals surface area contributed by atoms with Crippen molar-refractivity contribution in [3.05, 3.63) is 37.5 Å². The van der Waals surface area contributed by atoms with Crippen molar-refractivity contribution in [3.63, 3.8) is 0 Å². The van der Waals surface area contributed by atoms with Gasteiger partial charge in [-0.2, -0.15) is 0 Å². The molecule has 0 atom stereocenters. The minimum atomic E-state index is -0.114. The first-order chi connectivity index (χ1) is 8.16. The molecule has 3 nitrogen and oxygen atoms in total. The van der Waals surface area contributed by atoms with Gasteiger partial charge in [0.05, 0.1) is 5.39 Å². The van der Waals surface area contributed by atoms with E-state index in [0.29, 0.717) is 10.2 Å². The normalized spacial score (nSPS) is 11.1. The van der Waals surface area contributed by atoms with Crippen LogP contribution in [-0.2, 0) is 0 Å². The van der Waals surface area contributed by atoms with E-state index >= 15 is 0 Å². The Morgan fingerprint density at radius 2 is 2.18 bits per heavy atom. The average Bonchev–Trinajstić information content (AvgIpc) is 2.83. The van der Waals surface area contributed by atoms with E-state index in [0.717, 1.165) is 20.1 Å². The maximum atomic E-state index is 12.0. The molecule has 3 rings (SSSR count). The Hall–Kier alpha value is -1.24. The van der Waals surface area contributed by atoms with Gasteiger partial charge in [-0.15, -0.1) is 22.7 Å². The first-order valence-electron chi connectivity index (χ1n) is 4.96. The van der Waals surface area contributed by atoms with Crippen molar-refractivity contribution < 1.29 is 0 Å². The third kappa shape index (κ3) is 1.69. The molecule has 0 saturated heterocycles. The Morgan fingerprint density at radius 1 is 1.35 bits per heavy atom. The Bertz CT molecular complexity index is 792. The molecule has 3 heterocycles. The fourth-order valence-corrected chi connectivity index (χ4v) is 4.09. The fourth-order valence-electron chi connectivity index (χ4n) is 1.87. The van der Waals surface area contributed by atoms with E-state index in [9.17, 15) is 4.79 Å². The highest BCUT2D eigenvalue weighted by Crippen LogP contribution is 2.37. The number of fused-ring (bicyclic) bond motifs is 1. The van der Waals surface area contributed by atoms with Crippen molar-refractivity contribution in [3.8, 4) is 10.4 Å². The summed E-state index contributed by atoms with van der Waals surface area (Å²) < 4.78 is 0.376. The molecular formula is C11H8N2OS3. The first-order valence-corrected chi connectivity index (χ1v) is 7.07. The highest BCUT2D eigenvalue weighted by atomic mass is 32.1. The van der Waals surface area contributed by atoms with Crippen molar-refractivity contribution in [1.29, 1.82) is 0 Å². The van der Waals surface area contributed by atoms with Gasteiger partial charge in [-0.25, -0.2) is 0 Å². The Labute approximate surface area is 110 Å². The summed E-state index contributed by atoms with van der Waals surface area (Å²) in [6, 6.07) is 4.02. The van der Waals surface area contributed by atoms with Crippen LogP contribution in [0.4, 0.5) is 0 Å². The summed E-state index contributed by atoms with van der Waals surface area (Å²) in [7, 11) is 0. The number of thiophene rings is 2. The molecule has 3 aromatic rings. The summed E-state index contributed by atoms with van der Waals surface area (Å²) >= 11 is 8.18. The average molecular weight is 280 g/mol. The molecule has 0 bridgehead atoms. The first kappa shape index (κ1) is 10.9. The van der Waals surface area contributed by atoms with Crippen molar-refractivity contribution in [2.75, 3.05) is 0 Å². The summed E-state index contributed by atoms with van der Waals surface area (Å²) in [6.07, 6.45) is 0. The molecule has 0 amide bonds. The van der Waals surface area contributed by atoms with E-state index in [-0.39, 0.29) is 5.56 Å². The smallest absolute Gasteiger partial charge is 0.261 e. The van der Waals surface area contributed by atoms with Crippen LogP contribution >= 0.6 is 34.9 Å². The predicted octanol–water partition coefficient (Wildman–Crippen LogP) is 3.68. The van der Waals surface area contributed by atoms with Crippen LogP contribution in [0.5, 0.6) is 0 Å². The zero-order valence-electron chi connectivity index (χ0n) is 8.87. The summed E-state index contributed by atoms with van der Waals surface area (Å²) in [5.41, 5.74) is 0.906. The van der Waals surface area contributed by atoms with Crippen LogP contribution in [0.1, 0.15) is 4.88 Å². The number of aromatic amines is 2. The van der Waals surface area contributed by atoms with E-state index in [1.54, 1.807) is 22.7 Å². The monoisotopic (exact) mass is 280 g/mol. The van der Waals surface area contributed by atoms with Crippen LogP contribution in [0.25, 0.3) is 20.7 Å². The second kappa shape index (κ2) is 3.90. The summed E-state index contributed by atoms with van der Waals surface area (Å²) in [6.45, 7) is 2.02. The maximum Gasteiger partial charge on any atom is 0.261 e. The van der Waals surface area contributed by atoms with Gasteiger partial charge < -0.3 is 4.98 Å². The van der Waals surface area contributed by atoms with Crippen LogP contribution in [0, 0.1) is 11.7 Å². The molecule has 0 radical (unpaired) electrons. The second-order valence-electron chi connectivity index (χ2n) is 3.62. The number of aryl methyl sites for hydroxylation is 1. The van der Waals surface area contributed by atoms with Crippen molar-refractivity contribution in [2.24, 2.45) is 0 Å². The quantitative estimate of drug-likeness (QED) is 0.668. The maximum absolute atomic E-state index is 12.0. The van der Waals surface area contributed by atoms with E-state index in [1.807, 2.05) is 24.4 Å². The highest BCUT2D eigenvalue weighted by Gasteiger charge is 2.15. The number of aromatic nitrogens is 2. The molecule has 0 unspecified atom stereocenters. The Balaban J connectivity index is 2.51. The van der Waals surface area contributed by atoms with Crippen molar-refractivity contribution in [1.82, 2.24) is 9.97 Å². The third-order valence-electron chi connectivity index (χ3n) is 2.53. The molecule has 6 heteroatoms. The van der Waals surface area contributed by atoms with Gasteiger partial charge in [-0.3, -0.25) is 9.78 Å². The second-order valence-corrected chi connectivity index (χ2v) is 6.20. The number of hydrogen-bond acceptors (Lipinski definition) is 4. The molecule has 0 spiro atoms. The molecule has 0 aromatic carbocycles. The van der Waals surface area contributed by atoms with Crippen LogP contribution in [0.15, 0.2) is 22.3 Å². The standard InChI is InChI=1S/C11H8N2OS3/c1-5-7(6-3-2-4-16-6)8-9(14)12-11(15)13-10(8)17-5/h2-4H,1H3,(H2,12,13,14,15). The third-order valence-corrected chi connectivity index (χ3v) is 4.65. The lowest BCUT2D eigenvalue weighted by molar-refractivity contribution is 1.15. The van der Waals surface area contributed by atoms with Crippen molar-refractivity contribution >= 4 is 45.1 Å². The lowest BCUT2D eigenvalue weighted by Crippen LogP contribution is -2.06. The lowest BCUT2D eigenvalue weighted by Gasteiger charge is -1.96. The van der Waals surface area contributed by atoms with Gasteiger partial charge in [0.25, 0.3) is 5.56 Å². The van der Waals surface area contributed by atoms with Crippen LogP contribution in [0.2, 0.25) is 0 Å². The zero-order valence-corrected chi connectivity index (χ0v) is 11.3. The van der Waals surface area contributed by atoms with Crippen LogP contribution in [0.3, 0.4) is 0 Å². The minimum absolute atomic E-state index is 0.114. The van der Waals surface area contributed by atoms with E-state index in [1.165, 1.54) is 0 Å². The highest BCUT2D eigenvalue weighted by molar-refractivity contribution is 7.71. The number of H-pyrrole nitrogens is 2. The van der Waals surface area contributed by atoms with Gasteiger partial charge >= 0.3 is 0 Å². The largest absolute Gasteiger partial charge is 0.323 e. The molecule has 0 aliphatic rings. The van der Waals surface area contributed by atoms with Crippen LogP contribution in [-0.4, -0.2) is 9.97 Å². The fraction of sp³-hybridized carbons (Fsp3) is 0.0909. The molecular weight excluding hydrogens is 272 g/mol. The topological polar surface area (TPSA) is 48.6 Å². The zero-order chi connectivity index (χ0) is 12.0. The number of rotatable bonds is 1. The van der Waals surface area contributed by atoms with Gasteiger partial charge in [0.15, 0.2) is 4.77 Å². The van der Waals surface area contributed by atoms with Gasteiger partial charge in [0.1, 0.15) is 4.83 Å². The molecule has 3 aromatic heterocycles. The molecule has 0 fully saturated rings. The Morgan fingerprint density at radius 3 is 2.88 bits per heavy atom. The number of nitrogens with one attached hydrogen (secondary N) is 2. The summed E-state index contributed by atoms with van der Waals surface area (Å²) in [4.78, 5) is 20.8. The van der Waals surface area contributed by atoms with Crippen LogP contribution < -0.4 is 5.56 Å². The van der Waals surface area contributed by atoms with E-state index in [2.05, 4.69) is 9.97 Å². The van der Waals surface area contributed by atoms with Crippen molar-refractivity contribution in [2.45, 2.75) is 6.92 Å². The summed E-state index contributed by atoms with van der Waals surface area (Å²) in [5.74, 6) is 0. The van der Waals surface area contributed by atoms with Gasteiger partial charge in [-0.05, 0) is 30.6 Å². The molecule has 0 saturated carbocycles. The Kier molecular flexibility index (Phi) is 2.50. The molecule has 2 N–H and O–H groups in total. The van der Waals surface area contributed by atoms with Gasteiger partial charge in [0.2, 0.25) is 0 Å². The SMILES string of the molecule is Cc1sc2[nH]c(=S)[nH]c(=O)c2c1-c1cccs1. The molecule has 0 aliphatic carbocycles. The lowest BCUT2D eigenvalue weighted by atomic mass is 10.1. The molecule has 17 heavy (non-hydrogen) atoms. The predicted molar refractivity (Wildman–Crippen MR) is 75.7 cm³/mol. The van der Waals surface area contributed by atoms with E-state index < -0.39 is 0 Å². The van der Waals surface area contributed by atoms with E-state index in [4.69, 9.17) is 12.2 Å². The molecule has 86 valence electrons. The molecule has 0 aliphatic heterocycles. The van der Waals surface area contributed by atoms with Gasteiger partial charge in [-0.1, -0.05) is 6.07 Å². The number of hydrogen-bond donors (Lipinski definition) is 2. The van der Waals surface area contributed by atoms with Gasteiger partial charge in [0, 0.05) is 15.3 Å². The minimum Gasteiger partial charge on any atom is -0.323 e.